The highest BCUT2D eigenvalue weighted by Gasteiger charge is 2.30. The lowest BCUT2D eigenvalue weighted by Crippen LogP contribution is -2.07. The monoisotopic (exact) mass is 230 g/mol. The van der Waals surface area contributed by atoms with Crippen LogP contribution in [0.4, 0.5) is 13.2 Å². The molecule has 0 aliphatic carbocycles. The lowest BCUT2D eigenvalue weighted by molar-refractivity contribution is -0.137. The lowest BCUT2D eigenvalue weighted by atomic mass is 10.0. The van der Waals surface area contributed by atoms with Crippen LogP contribution in [0.3, 0.4) is 0 Å². The number of Topliss-reactive ketones (excluding diaryl/α,β-unsaturated/α-hetero) is 1. The third kappa shape index (κ3) is 3.68. The molecule has 0 radical (unpaired) electrons. The minimum atomic E-state index is -4.34. The van der Waals surface area contributed by atoms with Gasteiger partial charge in [0.1, 0.15) is 5.78 Å². The quantitative estimate of drug-likeness (QED) is 0.772. The van der Waals surface area contributed by atoms with Crippen molar-refractivity contribution in [2.24, 2.45) is 0 Å². The molecule has 4 heteroatoms. The zero-order chi connectivity index (χ0) is 12.2. The van der Waals surface area contributed by atoms with E-state index in [9.17, 15) is 18.0 Å². The van der Waals surface area contributed by atoms with Gasteiger partial charge in [0.2, 0.25) is 0 Å². The zero-order valence-electron chi connectivity index (χ0n) is 8.97. The predicted octanol–water partition coefficient (Wildman–Crippen LogP) is 3.62. The van der Waals surface area contributed by atoms with Crippen molar-refractivity contribution in [3.63, 3.8) is 0 Å². The van der Waals surface area contributed by atoms with Crippen molar-refractivity contribution < 1.29 is 18.0 Å². The van der Waals surface area contributed by atoms with Crippen LogP contribution >= 0.6 is 0 Å². The number of hydrogen-bond donors (Lipinski definition) is 0. The number of alkyl halides is 3. The second kappa shape index (κ2) is 5.14. The summed E-state index contributed by atoms with van der Waals surface area (Å²) in [5, 5.41) is 0. The van der Waals surface area contributed by atoms with E-state index < -0.39 is 11.7 Å². The molecule has 0 heterocycles. The molecule has 1 aromatic rings. The Morgan fingerprint density at radius 2 is 2.00 bits per heavy atom. The van der Waals surface area contributed by atoms with Gasteiger partial charge in [0.15, 0.2) is 0 Å². The highest BCUT2D eigenvalue weighted by Crippen LogP contribution is 2.29. The Balaban J connectivity index is 2.79. The molecule has 0 aromatic heterocycles. The summed E-state index contributed by atoms with van der Waals surface area (Å²) in [5.74, 6) is -0.0261. The van der Waals surface area contributed by atoms with Crippen LogP contribution in [0.15, 0.2) is 24.3 Å². The normalized spacial score (nSPS) is 11.5. The Labute approximate surface area is 92.3 Å². The molecule has 0 bridgehead atoms. The van der Waals surface area contributed by atoms with Crippen molar-refractivity contribution in [1.82, 2.24) is 0 Å². The number of hydrogen-bond acceptors (Lipinski definition) is 1. The van der Waals surface area contributed by atoms with Gasteiger partial charge in [0.05, 0.1) is 5.56 Å². The fourth-order valence-corrected chi connectivity index (χ4v) is 1.45. The molecule has 0 fully saturated rings. The van der Waals surface area contributed by atoms with Gasteiger partial charge in [-0.3, -0.25) is 4.79 Å². The summed E-state index contributed by atoms with van der Waals surface area (Å²) in [5.41, 5.74) is -0.275. The van der Waals surface area contributed by atoms with Gasteiger partial charge < -0.3 is 0 Å². The molecule has 0 N–H and O–H groups in total. The first-order valence-electron chi connectivity index (χ1n) is 5.11. The van der Waals surface area contributed by atoms with Crippen molar-refractivity contribution >= 4 is 5.78 Å². The molecule has 0 aliphatic rings. The molecule has 16 heavy (non-hydrogen) atoms. The van der Waals surface area contributed by atoms with E-state index in [0.29, 0.717) is 12.0 Å². The van der Waals surface area contributed by atoms with Crippen molar-refractivity contribution in [3.05, 3.63) is 35.4 Å². The van der Waals surface area contributed by atoms with E-state index in [2.05, 4.69) is 0 Å². The van der Waals surface area contributed by atoms with E-state index in [1.165, 1.54) is 6.07 Å². The summed E-state index contributed by atoms with van der Waals surface area (Å²) in [6.45, 7) is 1.87. The van der Waals surface area contributed by atoms with E-state index in [1.54, 1.807) is 6.07 Å². The van der Waals surface area contributed by atoms with E-state index in [0.717, 1.165) is 18.6 Å². The third-order valence-electron chi connectivity index (χ3n) is 2.18. The van der Waals surface area contributed by atoms with E-state index in [4.69, 9.17) is 0 Å². The first kappa shape index (κ1) is 12.7. The maximum Gasteiger partial charge on any atom is 0.416 e. The summed E-state index contributed by atoms with van der Waals surface area (Å²) in [7, 11) is 0. The zero-order valence-corrected chi connectivity index (χ0v) is 8.97. The summed E-state index contributed by atoms with van der Waals surface area (Å²) in [6.07, 6.45) is -3.13. The Hall–Kier alpha value is -1.32. The van der Waals surface area contributed by atoms with Crippen LogP contribution in [-0.4, -0.2) is 5.78 Å². The molecule has 1 rings (SSSR count). The van der Waals surface area contributed by atoms with Crippen molar-refractivity contribution in [2.45, 2.75) is 32.4 Å². The fraction of sp³-hybridized carbons (Fsp3) is 0.417. The van der Waals surface area contributed by atoms with Crippen LogP contribution < -0.4 is 0 Å². The Bertz CT molecular complexity index is 369. The fourth-order valence-electron chi connectivity index (χ4n) is 1.45. The second-order valence-electron chi connectivity index (χ2n) is 3.66. The largest absolute Gasteiger partial charge is 0.416 e. The average molecular weight is 230 g/mol. The SMILES string of the molecule is CCCC(=O)Cc1cccc(C(F)(F)F)c1. The topological polar surface area (TPSA) is 17.1 Å². The molecule has 1 aromatic carbocycles. The van der Waals surface area contributed by atoms with Crippen LogP contribution in [0.25, 0.3) is 0 Å². The van der Waals surface area contributed by atoms with Crippen molar-refractivity contribution in [2.75, 3.05) is 0 Å². The van der Waals surface area contributed by atoms with Gasteiger partial charge in [0, 0.05) is 12.8 Å². The number of halogens is 3. The second-order valence-corrected chi connectivity index (χ2v) is 3.66. The minimum Gasteiger partial charge on any atom is -0.299 e. The van der Waals surface area contributed by atoms with Gasteiger partial charge in [-0.15, -0.1) is 0 Å². The van der Waals surface area contributed by atoms with Gasteiger partial charge in [-0.2, -0.15) is 13.2 Å². The maximum absolute atomic E-state index is 12.4. The molecule has 0 atom stereocenters. The van der Waals surface area contributed by atoms with Crippen LogP contribution in [0.2, 0.25) is 0 Å². The van der Waals surface area contributed by atoms with Crippen LogP contribution in [-0.2, 0) is 17.4 Å². The summed E-state index contributed by atoms with van der Waals surface area (Å²) in [6, 6.07) is 4.92. The average Bonchev–Trinajstić information content (AvgIpc) is 2.17. The molecule has 0 amide bonds. The lowest BCUT2D eigenvalue weighted by Gasteiger charge is -2.08. The van der Waals surface area contributed by atoms with Crippen molar-refractivity contribution in [1.29, 1.82) is 0 Å². The standard InChI is InChI=1S/C12H13F3O/c1-2-4-11(16)8-9-5-3-6-10(7-9)12(13,14)15/h3,5-7H,2,4,8H2,1H3. The van der Waals surface area contributed by atoms with Gasteiger partial charge in [-0.1, -0.05) is 25.1 Å². The Kier molecular flexibility index (Phi) is 4.10. The molecule has 1 nitrogen and oxygen atoms in total. The minimum absolute atomic E-state index is 0.0261. The Morgan fingerprint density at radius 1 is 1.31 bits per heavy atom. The van der Waals surface area contributed by atoms with Crippen LogP contribution in [0.5, 0.6) is 0 Å². The predicted molar refractivity (Wildman–Crippen MR) is 55.1 cm³/mol. The molecule has 0 spiro atoms. The molecule has 0 saturated carbocycles. The third-order valence-corrected chi connectivity index (χ3v) is 2.18. The Morgan fingerprint density at radius 3 is 2.56 bits per heavy atom. The smallest absolute Gasteiger partial charge is 0.299 e. The first-order chi connectivity index (χ1) is 7.43. The number of benzene rings is 1. The molecular weight excluding hydrogens is 217 g/mol. The molecule has 0 aliphatic heterocycles. The molecule has 0 unspecified atom stereocenters. The first-order valence-corrected chi connectivity index (χ1v) is 5.11. The van der Waals surface area contributed by atoms with Gasteiger partial charge in [-0.05, 0) is 18.1 Å². The van der Waals surface area contributed by atoms with E-state index in [-0.39, 0.29) is 12.2 Å². The number of carbonyl (C=O) groups excluding carboxylic acids is 1. The van der Waals surface area contributed by atoms with E-state index >= 15 is 0 Å². The molecular formula is C12H13F3O. The van der Waals surface area contributed by atoms with Crippen LogP contribution in [0, 0.1) is 0 Å². The molecule has 0 saturated heterocycles. The summed E-state index contributed by atoms with van der Waals surface area (Å²) in [4.78, 5) is 11.3. The number of rotatable bonds is 4. The number of ketones is 1. The van der Waals surface area contributed by atoms with E-state index in [1.807, 2.05) is 6.92 Å². The van der Waals surface area contributed by atoms with Gasteiger partial charge in [-0.25, -0.2) is 0 Å². The summed E-state index contributed by atoms with van der Waals surface area (Å²) >= 11 is 0. The van der Waals surface area contributed by atoms with Crippen molar-refractivity contribution in [3.8, 4) is 0 Å². The van der Waals surface area contributed by atoms with Gasteiger partial charge in [0.25, 0.3) is 0 Å². The highest BCUT2D eigenvalue weighted by molar-refractivity contribution is 5.80. The van der Waals surface area contributed by atoms with Gasteiger partial charge >= 0.3 is 6.18 Å². The van der Waals surface area contributed by atoms with Crippen LogP contribution in [0.1, 0.15) is 30.9 Å². The maximum atomic E-state index is 12.4. The summed E-state index contributed by atoms with van der Waals surface area (Å²) < 4.78 is 37.1. The highest BCUT2D eigenvalue weighted by atomic mass is 19.4. The molecule has 88 valence electrons. The number of carbonyl (C=O) groups is 1.